The van der Waals surface area contributed by atoms with Gasteiger partial charge in [0.2, 0.25) is 10.0 Å². The summed E-state index contributed by atoms with van der Waals surface area (Å²) in [7, 11) is -3.70. The molecule has 0 spiro atoms. The summed E-state index contributed by atoms with van der Waals surface area (Å²) in [5.74, 6) is -4.11. The number of carboxylic acids is 4. The zero-order valence-electron chi connectivity index (χ0n) is 18.7. The number of hydrogen-bond donors (Lipinski definition) is 6. The summed E-state index contributed by atoms with van der Waals surface area (Å²) in [6, 6.07) is 4.45. The first-order valence-corrected chi connectivity index (χ1v) is 11.6. The molecule has 192 valence electrons. The van der Waals surface area contributed by atoms with Crippen LogP contribution in [0.15, 0.2) is 29.2 Å². The Morgan fingerprint density at radius 3 is 1.94 bits per heavy atom. The molecule has 1 heterocycles. The normalized spacial score (nSPS) is 16.3. The molecule has 0 saturated carbocycles. The molecule has 1 aliphatic heterocycles. The highest BCUT2D eigenvalue weighted by Crippen LogP contribution is 2.26. The number of sulfonamides is 1. The number of nitrogens with two attached hydrogens (primary N) is 2. The lowest BCUT2D eigenvalue weighted by Gasteiger charge is -2.20. The van der Waals surface area contributed by atoms with E-state index >= 15 is 0 Å². The molecule has 0 radical (unpaired) electrons. The summed E-state index contributed by atoms with van der Waals surface area (Å²) in [6.07, 6.45) is 0.806. The Labute approximate surface area is 197 Å². The maximum atomic E-state index is 12.3. The minimum atomic E-state index is -3.70. The van der Waals surface area contributed by atoms with Crippen molar-refractivity contribution in [2.45, 2.75) is 56.0 Å². The van der Waals surface area contributed by atoms with Gasteiger partial charge in [0.25, 0.3) is 0 Å². The molecule has 0 aliphatic carbocycles. The summed E-state index contributed by atoms with van der Waals surface area (Å²) in [5.41, 5.74) is 10.8. The lowest BCUT2D eigenvalue weighted by Crippen LogP contribution is -2.40. The highest BCUT2D eigenvalue weighted by Gasteiger charge is 2.39. The van der Waals surface area contributed by atoms with Gasteiger partial charge in [0, 0.05) is 19.5 Å². The van der Waals surface area contributed by atoms with Gasteiger partial charge in [-0.1, -0.05) is 17.7 Å². The predicted octanol–water partition coefficient (Wildman–Crippen LogP) is -0.0844. The molecule has 1 aliphatic rings. The molecule has 1 fully saturated rings. The van der Waals surface area contributed by atoms with Crippen LogP contribution in [-0.4, -0.2) is 82.2 Å². The van der Waals surface area contributed by atoms with Crippen LogP contribution in [0.3, 0.4) is 0 Å². The number of carboxylic acid groups (broad SMARTS) is 4. The molecule has 34 heavy (non-hydrogen) atoms. The van der Waals surface area contributed by atoms with Gasteiger partial charge in [-0.25, -0.2) is 8.42 Å². The Morgan fingerprint density at radius 1 is 1.03 bits per heavy atom. The van der Waals surface area contributed by atoms with Gasteiger partial charge in [0.05, 0.1) is 11.3 Å². The molecule has 1 aromatic carbocycles. The smallest absolute Gasteiger partial charge is 0.322 e. The molecule has 0 bridgehead atoms. The van der Waals surface area contributed by atoms with Crippen molar-refractivity contribution in [2.75, 3.05) is 13.1 Å². The fourth-order valence-electron chi connectivity index (χ4n) is 2.65. The third kappa shape index (κ3) is 11.2. The zero-order chi connectivity index (χ0) is 26.5. The van der Waals surface area contributed by atoms with E-state index in [1.54, 1.807) is 12.1 Å². The lowest BCUT2D eigenvalue weighted by molar-refractivity contribution is -0.141. The standard InChI is InChI=1S/C12H15NO4S.C5H9NO4.C3H7NO2/c1-9-4-6-10(7-5-9)18(16,17)13-8-2-3-11(13)12(14)15;6-3(5(9)10)1-2-4(7)8;4-2-1-3(5)6/h4-7,11H,2-3,8H2,1H3,(H,14,15);3H,1-2,6H2,(H,7,8)(H,9,10);1-2,4H2,(H,5,6)/t11-;3-;/m10./s1. The van der Waals surface area contributed by atoms with E-state index in [1.165, 1.54) is 12.1 Å². The van der Waals surface area contributed by atoms with Gasteiger partial charge in [0.15, 0.2) is 0 Å². The number of hydrogen-bond acceptors (Lipinski definition) is 8. The Balaban J connectivity index is 0.000000575. The summed E-state index contributed by atoms with van der Waals surface area (Å²) >= 11 is 0. The van der Waals surface area contributed by atoms with Crippen LogP contribution in [0.1, 0.15) is 37.7 Å². The number of carbonyl (C=O) groups is 4. The minimum absolute atomic E-state index is 0.0231. The molecule has 13 nitrogen and oxygen atoms in total. The molecule has 0 unspecified atom stereocenters. The lowest BCUT2D eigenvalue weighted by atomic mass is 10.2. The van der Waals surface area contributed by atoms with Gasteiger partial charge in [-0.15, -0.1) is 0 Å². The van der Waals surface area contributed by atoms with Crippen LogP contribution in [0.2, 0.25) is 0 Å². The van der Waals surface area contributed by atoms with E-state index < -0.39 is 46.0 Å². The van der Waals surface area contributed by atoms with E-state index in [9.17, 15) is 27.6 Å². The molecule has 1 saturated heterocycles. The van der Waals surface area contributed by atoms with Gasteiger partial charge in [-0.05, 0) is 38.3 Å². The quantitative estimate of drug-likeness (QED) is 0.258. The Hall–Kier alpha value is -3.07. The first-order chi connectivity index (χ1) is 15.7. The second-order valence-corrected chi connectivity index (χ2v) is 9.13. The van der Waals surface area contributed by atoms with Crippen LogP contribution in [0.5, 0.6) is 0 Å². The summed E-state index contributed by atoms with van der Waals surface area (Å²) < 4.78 is 25.7. The van der Waals surface area contributed by atoms with E-state index in [4.69, 9.17) is 31.9 Å². The van der Waals surface area contributed by atoms with Gasteiger partial charge in [-0.3, -0.25) is 19.2 Å². The molecule has 0 aromatic heterocycles. The van der Waals surface area contributed by atoms with E-state index in [0.717, 1.165) is 9.87 Å². The van der Waals surface area contributed by atoms with E-state index in [2.05, 4.69) is 0 Å². The van der Waals surface area contributed by atoms with Crippen molar-refractivity contribution in [3.8, 4) is 0 Å². The van der Waals surface area contributed by atoms with Crippen molar-refractivity contribution < 1.29 is 48.0 Å². The largest absolute Gasteiger partial charge is 0.481 e. The number of aliphatic carboxylic acids is 4. The molecular formula is C20H31N3O10S. The molecule has 14 heteroatoms. The third-order valence-electron chi connectivity index (χ3n) is 4.46. The Bertz CT molecular complexity index is 934. The Kier molecular flexibility index (Phi) is 13.6. The number of rotatable bonds is 9. The van der Waals surface area contributed by atoms with Crippen molar-refractivity contribution in [1.29, 1.82) is 0 Å². The molecular weight excluding hydrogens is 474 g/mol. The van der Waals surface area contributed by atoms with E-state index in [1.807, 2.05) is 6.92 Å². The third-order valence-corrected chi connectivity index (χ3v) is 6.38. The van der Waals surface area contributed by atoms with Crippen molar-refractivity contribution >= 4 is 33.9 Å². The number of aryl methyl sites for hydroxylation is 1. The number of benzene rings is 1. The first-order valence-electron chi connectivity index (χ1n) is 10.2. The molecule has 1 aromatic rings. The maximum Gasteiger partial charge on any atom is 0.322 e. The fraction of sp³-hybridized carbons (Fsp3) is 0.500. The predicted molar refractivity (Wildman–Crippen MR) is 120 cm³/mol. The van der Waals surface area contributed by atoms with Crippen molar-refractivity contribution in [1.82, 2.24) is 4.31 Å². The van der Waals surface area contributed by atoms with Crippen LogP contribution in [0, 0.1) is 6.92 Å². The number of nitrogens with zero attached hydrogens (tertiary/aromatic N) is 1. The van der Waals surface area contributed by atoms with Gasteiger partial charge >= 0.3 is 23.9 Å². The molecule has 8 N–H and O–H groups in total. The van der Waals surface area contributed by atoms with Crippen LogP contribution in [-0.2, 0) is 29.2 Å². The summed E-state index contributed by atoms with van der Waals surface area (Å²) in [6.45, 7) is 2.37. The van der Waals surface area contributed by atoms with E-state index in [0.29, 0.717) is 12.8 Å². The molecule has 0 amide bonds. The highest BCUT2D eigenvalue weighted by atomic mass is 32.2. The minimum Gasteiger partial charge on any atom is -0.481 e. The fourth-order valence-corrected chi connectivity index (χ4v) is 4.30. The average Bonchev–Trinajstić information content (AvgIpc) is 3.24. The molecule has 2 atom stereocenters. The zero-order valence-corrected chi connectivity index (χ0v) is 19.5. The van der Waals surface area contributed by atoms with Gasteiger partial charge in [0.1, 0.15) is 12.1 Å². The van der Waals surface area contributed by atoms with Crippen molar-refractivity contribution in [3.63, 3.8) is 0 Å². The Morgan fingerprint density at radius 2 is 1.56 bits per heavy atom. The van der Waals surface area contributed by atoms with Gasteiger partial charge < -0.3 is 31.9 Å². The second-order valence-electron chi connectivity index (χ2n) is 7.23. The van der Waals surface area contributed by atoms with Gasteiger partial charge in [-0.2, -0.15) is 4.31 Å². The average molecular weight is 506 g/mol. The summed E-state index contributed by atoms with van der Waals surface area (Å²) in [5, 5.41) is 33.1. The van der Waals surface area contributed by atoms with Crippen LogP contribution < -0.4 is 11.5 Å². The first kappa shape index (κ1) is 30.9. The highest BCUT2D eigenvalue weighted by molar-refractivity contribution is 7.89. The van der Waals surface area contributed by atoms with Crippen LogP contribution in [0.4, 0.5) is 0 Å². The molecule has 2 rings (SSSR count). The maximum absolute atomic E-state index is 12.3. The van der Waals surface area contributed by atoms with E-state index in [-0.39, 0.29) is 37.2 Å². The van der Waals surface area contributed by atoms with Crippen molar-refractivity contribution in [3.05, 3.63) is 29.8 Å². The van der Waals surface area contributed by atoms with Crippen LogP contribution >= 0.6 is 0 Å². The van der Waals surface area contributed by atoms with Crippen LogP contribution in [0.25, 0.3) is 0 Å². The van der Waals surface area contributed by atoms with Crippen molar-refractivity contribution in [2.24, 2.45) is 11.5 Å². The SMILES string of the molecule is Cc1ccc(S(=O)(=O)N2CCC[C@@H]2C(=O)O)cc1.NCCC(=O)O.N[C@@H](CCC(=O)O)C(=O)O. The second kappa shape index (κ2) is 15.0. The monoisotopic (exact) mass is 505 g/mol. The summed E-state index contributed by atoms with van der Waals surface area (Å²) in [4.78, 5) is 40.6. The topological polar surface area (TPSA) is 239 Å².